The van der Waals surface area contributed by atoms with Crippen molar-refractivity contribution in [2.75, 3.05) is 0 Å². The summed E-state index contributed by atoms with van der Waals surface area (Å²) in [5.41, 5.74) is 6.98. The summed E-state index contributed by atoms with van der Waals surface area (Å²) in [6, 6.07) is 5.01. The molecule has 1 aromatic carbocycles. The lowest BCUT2D eigenvalue weighted by Crippen LogP contribution is -2.26. The van der Waals surface area contributed by atoms with Crippen molar-refractivity contribution in [1.29, 1.82) is 0 Å². The van der Waals surface area contributed by atoms with Gasteiger partial charge in [0, 0.05) is 6.04 Å². The highest BCUT2D eigenvalue weighted by atomic mass is 35.5. The van der Waals surface area contributed by atoms with Crippen LogP contribution in [0.5, 0.6) is 5.75 Å². The summed E-state index contributed by atoms with van der Waals surface area (Å²) < 4.78 is 0. The molecule has 0 heterocycles. The van der Waals surface area contributed by atoms with Gasteiger partial charge in [-0.15, -0.1) is 12.4 Å². The van der Waals surface area contributed by atoms with Crippen LogP contribution >= 0.6 is 24.0 Å². The molecule has 0 saturated carbocycles. The summed E-state index contributed by atoms with van der Waals surface area (Å²) in [5.74, 6) is 0.0940. The van der Waals surface area contributed by atoms with E-state index in [1.54, 1.807) is 18.2 Å². The summed E-state index contributed by atoms with van der Waals surface area (Å²) in [6.45, 7) is 6.20. The zero-order valence-electron chi connectivity index (χ0n) is 9.12. The molecule has 0 aliphatic heterocycles. The van der Waals surface area contributed by atoms with Crippen molar-refractivity contribution in [2.24, 2.45) is 11.1 Å². The zero-order chi connectivity index (χ0) is 10.9. The molecule has 0 radical (unpaired) electrons. The van der Waals surface area contributed by atoms with Crippen LogP contribution in [0.3, 0.4) is 0 Å². The Morgan fingerprint density at radius 2 is 1.87 bits per heavy atom. The Kier molecular flexibility index (Phi) is 4.91. The topological polar surface area (TPSA) is 46.2 Å². The molecule has 2 nitrogen and oxygen atoms in total. The Balaban J connectivity index is 0.00000196. The standard InChI is InChI=1S/C11H16ClNO.ClH/c1-11(2,3)10(13)7-4-5-9(14)8(12)6-7;/h4-6,10,14H,13H2,1-3H3;1H/t10-;/m1./s1. The van der Waals surface area contributed by atoms with E-state index in [2.05, 4.69) is 20.8 Å². The average molecular weight is 250 g/mol. The molecule has 0 saturated heterocycles. The van der Waals surface area contributed by atoms with Crippen LogP contribution in [0.2, 0.25) is 5.02 Å². The lowest BCUT2D eigenvalue weighted by molar-refractivity contribution is 0.326. The largest absolute Gasteiger partial charge is 0.506 e. The first kappa shape index (κ1) is 14.6. The molecule has 15 heavy (non-hydrogen) atoms. The molecule has 0 fully saturated rings. The Hall–Kier alpha value is -0.440. The third-order valence-electron chi connectivity index (χ3n) is 2.26. The van der Waals surface area contributed by atoms with Gasteiger partial charge >= 0.3 is 0 Å². The van der Waals surface area contributed by atoms with E-state index in [1.165, 1.54) is 0 Å². The minimum Gasteiger partial charge on any atom is -0.506 e. The van der Waals surface area contributed by atoms with Crippen LogP contribution in [-0.4, -0.2) is 5.11 Å². The summed E-state index contributed by atoms with van der Waals surface area (Å²) in [5, 5.41) is 9.60. The molecule has 0 bridgehead atoms. The monoisotopic (exact) mass is 249 g/mol. The third kappa shape index (κ3) is 3.56. The number of hydrogen-bond acceptors (Lipinski definition) is 2. The van der Waals surface area contributed by atoms with Crippen molar-refractivity contribution in [2.45, 2.75) is 26.8 Å². The molecule has 0 unspecified atom stereocenters. The zero-order valence-corrected chi connectivity index (χ0v) is 10.7. The fourth-order valence-electron chi connectivity index (χ4n) is 1.22. The molecule has 0 aliphatic carbocycles. The minimum absolute atomic E-state index is 0. The first-order chi connectivity index (χ1) is 6.32. The Morgan fingerprint density at radius 3 is 2.27 bits per heavy atom. The molecule has 0 spiro atoms. The van der Waals surface area contributed by atoms with Gasteiger partial charge in [0.2, 0.25) is 0 Å². The van der Waals surface area contributed by atoms with Crippen molar-refractivity contribution < 1.29 is 5.11 Å². The lowest BCUT2D eigenvalue weighted by Gasteiger charge is -2.27. The highest BCUT2D eigenvalue weighted by Crippen LogP contribution is 2.33. The van der Waals surface area contributed by atoms with Crippen LogP contribution in [0.4, 0.5) is 0 Å². The number of aromatic hydroxyl groups is 1. The molecule has 0 amide bonds. The van der Waals surface area contributed by atoms with Gasteiger partial charge in [-0.3, -0.25) is 0 Å². The van der Waals surface area contributed by atoms with Crippen LogP contribution in [0, 0.1) is 5.41 Å². The predicted octanol–water partition coefficient (Wildman–Crippen LogP) is 3.51. The smallest absolute Gasteiger partial charge is 0.134 e. The van der Waals surface area contributed by atoms with E-state index in [0.29, 0.717) is 5.02 Å². The number of phenolic OH excluding ortho intramolecular Hbond substituents is 1. The number of halogens is 2. The maximum Gasteiger partial charge on any atom is 0.134 e. The van der Waals surface area contributed by atoms with Gasteiger partial charge in [-0.05, 0) is 23.1 Å². The van der Waals surface area contributed by atoms with Gasteiger partial charge in [-0.1, -0.05) is 38.4 Å². The molecule has 1 aromatic rings. The molecule has 1 atom stereocenters. The highest BCUT2D eigenvalue weighted by molar-refractivity contribution is 6.32. The van der Waals surface area contributed by atoms with E-state index in [9.17, 15) is 5.11 Å². The highest BCUT2D eigenvalue weighted by Gasteiger charge is 2.22. The molecular formula is C11H17Cl2NO. The normalized spacial score (nSPS) is 13.1. The fourth-order valence-corrected chi connectivity index (χ4v) is 1.41. The Labute approximate surface area is 102 Å². The van der Waals surface area contributed by atoms with Gasteiger partial charge in [0.15, 0.2) is 0 Å². The van der Waals surface area contributed by atoms with Gasteiger partial charge in [0.05, 0.1) is 5.02 Å². The predicted molar refractivity (Wildman–Crippen MR) is 66.7 cm³/mol. The summed E-state index contributed by atoms with van der Waals surface area (Å²) in [6.07, 6.45) is 0. The SMILES string of the molecule is CC(C)(C)[C@H](N)c1ccc(O)c(Cl)c1.Cl. The Bertz CT molecular complexity index is 334. The second-order valence-corrected chi connectivity index (χ2v) is 4.96. The molecule has 86 valence electrons. The number of rotatable bonds is 1. The van der Waals surface area contributed by atoms with Crippen molar-refractivity contribution in [3.05, 3.63) is 28.8 Å². The second kappa shape index (κ2) is 5.06. The number of nitrogens with two attached hydrogens (primary N) is 1. The van der Waals surface area contributed by atoms with Gasteiger partial charge in [0.1, 0.15) is 5.75 Å². The van der Waals surface area contributed by atoms with Crippen LogP contribution in [0.25, 0.3) is 0 Å². The molecule has 1 rings (SSSR count). The maximum atomic E-state index is 9.26. The van der Waals surface area contributed by atoms with E-state index < -0.39 is 0 Å². The number of phenols is 1. The number of benzene rings is 1. The average Bonchev–Trinajstić information content (AvgIpc) is 2.07. The van der Waals surface area contributed by atoms with Gasteiger partial charge < -0.3 is 10.8 Å². The van der Waals surface area contributed by atoms with E-state index in [-0.39, 0.29) is 29.6 Å². The van der Waals surface area contributed by atoms with Crippen LogP contribution in [-0.2, 0) is 0 Å². The van der Waals surface area contributed by atoms with Crippen LogP contribution in [0.15, 0.2) is 18.2 Å². The van der Waals surface area contributed by atoms with Gasteiger partial charge in [-0.25, -0.2) is 0 Å². The Morgan fingerprint density at radius 1 is 1.33 bits per heavy atom. The molecule has 0 aliphatic rings. The first-order valence-corrected chi connectivity index (χ1v) is 4.94. The first-order valence-electron chi connectivity index (χ1n) is 4.56. The molecular weight excluding hydrogens is 233 g/mol. The quantitative estimate of drug-likeness (QED) is 0.801. The van der Waals surface area contributed by atoms with Crippen molar-refractivity contribution in [1.82, 2.24) is 0 Å². The van der Waals surface area contributed by atoms with E-state index in [1.807, 2.05) is 0 Å². The van der Waals surface area contributed by atoms with Crippen LogP contribution < -0.4 is 5.73 Å². The van der Waals surface area contributed by atoms with Gasteiger partial charge in [0.25, 0.3) is 0 Å². The van der Waals surface area contributed by atoms with E-state index >= 15 is 0 Å². The second-order valence-electron chi connectivity index (χ2n) is 4.55. The summed E-state index contributed by atoms with van der Waals surface area (Å²) >= 11 is 5.80. The van der Waals surface area contributed by atoms with Crippen molar-refractivity contribution in [3.8, 4) is 5.75 Å². The molecule has 0 aromatic heterocycles. The fraction of sp³-hybridized carbons (Fsp3) is 0.455. The van der Waals surface area contributed by atoms with E-state index in [0.717, 1.165) is 5.56 Å². The minimum atomic E-state index is -0.0828. The van der Waals surface area contributed by atoms with E-state index in [4.69, 9.17) is 17.3 Å². The summed E-state index contributed by atoms with van der Waals surface area (Å²) in [4.78, 5) is 0. The van der Waals surface area contributed by atoms with Crippen molar-refractivity contribution >= 4 is 24.0 Å². The van der Waals surface area contributed by atoms with Crippen LogP contribution in [0.1, 0.15) is 32.4 Å². The third-order valence-corrected chi connectivity index (χ3v) is 2.57. The van der Waals surface area contributed by atoms with Gasteiger partial charge in [-0.2, -0.15) is 0 Å². The van der Waals surface area contributed by atoms with Crippen molar-refractivity contribution in [3.63, 3.8) is 0 Å². The lowest BCUT2D eigenvalue weighted by atomic mass is 9.83. The molecule has 4 heteroatoms. The number of hydrogen-bond donors (Lipinski definition) is 2. The maximum absolute atomic E-state index is 9.26. The summed E-state index contributed by atoms with van der Waals surface area (Å²) in [7, 11) is 0. The molecule has 3 N–H and O–H groups in total.